The average Bonchev–Trinajstić information content (AvgIpc) is 2.78. The molecule has 2 aliphatic heterocycles. The van der Waals surface area contributed by atoms with Crippen molar-refractivity contribution < 1.29 is 13.6 Å². The van der Waals surface area contributed by atoms with Gasteiger partial charge in [-0.15, -0.1) is 0 Å². The molecule has 0 saturated carbocycles. The molecule has 1 saturated heterocycles. The number of nitrogens with two attached hydrogens (primary N) is 1. The first kappa shape index (κ1) is 15.1. The summed E-state index contributed by atoms with van der Waals surface area (Å²) in [5.74, 6) is -1.88. The summed E-state index contributed by atoms with van der Waals surface area (Å²) in [7, 11) is 0. The number of carbonyl (C=O) groups is 1. The number of piperidine rings is 1. The van der Waals surface area contributed by atoms with E-state index >= 15 is 0 Å². The van der Waals surface area contributed by atoms with Crippen molar-refractivity contribution in [1.29, 1.82) is 0 Å². The normalized spacial score (nSPS) is 28.5. The molecule has 0 radical (unpaired) electrons. The minimum atomic E-state index is -0.885. The Bertz CT molecular complexity index is 632. The maximum Gasteiger partial charge on any atom is 0.170 e. The number of hydrogen-bond donors (Lipinski definition) is 1. The highest BCUT2D eigenvalue weighted by atomic mass is 19.1. The molecule has 118 valence electrons. The van der Waals surface area contributed by atoms with Crippen molar-refractivity contribution in [2.24, 2.45) is 16.6 Å². The van der Waals surface area contributed by atoms with Crippen molar-refractivity contribution in [3.05, 3.63) is 29.3 Å². The number of nitrogens with zero attached hydrogens (tertiary/aromatic N) is 2. The van der Waals surface area contributed by atoms with Gasteiger partial charge in [-0.1, -0.05) is 6.92 Å². The Morgan fingerprint density at radius 3 is 2.77 bits per heavy atom. The van der Waals surface area contributed by atoms with Crippen LogP contribution in [0.4, 0.5) is 14.5 Å². The topological polar surface area (TPSA) is 58.7 Å². The fourth-order valence-electron chi connectivity index (χ4n) is 3.16. The molecule has 1 aromatic rings. The number of halogens is 2. The highest BCUT2D eigenvalue weighted by molar-refractivity contribution is 6.03. The van der Waals surface area contributed by atoms with E-state index in [4.69, 9.17) is 5.73 Å². The summed E-state index contributed by atoms with van der Waals surface area (Å²) in [6.07, 6.45) is 3.28. The molecule has 3 rings (SSSR count). The van der Waals surface area contributed by atoms with Crippen LogP contribution in [0.3, 0.4) is 0 Å². The third-order valence-corrected chi connectivity index (χ3v) is 4.32. The first-order valence-corrected chi connectivity index (χ1v) is 7.54. The van der Waals surface area contributed by atoms with Crippen LogP contribution in [0.5, 0.6) is 0 Å². The fraction of sp³-hybridized carbons (Fsp3) is 0.500. The lowest BCUT2D eigenvalue weighted by atomic mass is 9.95. The maximum atomic E-state index is 14.4. The van der Waals surface area contributed by atoms with Crippen LogP contribution in [0, 0.1) is 17.6 Å². The van der Waals surface area contributed by atoms with Gasteiger partial charge in [0.25, 0.3) is 0 Å². The van der Waals surface area contributed by atoms with E-state index in [1.165, 1.54) is 12.3 Å². The lowest BCUT2D eigenvalue weighted by molar-refractivity contribution is -0.121. The van der Waals surface area contributed by atoms with Crippen LogP contribution in [0.1, 0.15) is 31.4 Å². The first-order valence-electron chi connectivity index (χ1n) is 7.54. The molecule has 2 heterocycles. The maximum absolute atomic E-state index is 14.4. The van der Waals surface area contributed by atoms with Crippen molar-refractivity contribution in [3.63, 3.8) is 0 Å². The van der Waals surface area contributed by atoms with Gasteiger partial charge in [-0.25, -0.2) is 8.78 Å². The zero-order valence-corrected chi connectivity index (χ0v) is 12.4. The molecule has 1 fully saturated rings. The number of rotatable bonds is 2. The van der Waals surface area contributed by atoms with Gasteiger partial charge in [0.2, 0.25) is 0 Å². The molecule has 22 heavy (non-hydrogen) atoms. The lowest BCUT2D eigenvalue weighted by Crippen LogP contribution is -2.43. The molecule has 0 aliphatic carbocycles. The van der Waals surface area contributed by atoms with E-state index in [-0.39, 0.29) is 23.3 Å². The minimum Gasteiger partial charge on any atom is -0.370 e. The smallest absolute Gasteiger partial charge is 0.170 e. The Labute approximate surface area is 128 Å². The van der Waals surface area contributed by atoms with Gasteiger partial charge in [0.15, 0.2) is 5.78 Å². The second-order valence-corrected chi connectivity index (χ2v) is 6.06. The van der Waals surface area contributed by atoms with Crippen molar-refractivity contribution in [3.8, 4) is 0 Å². The highest BCUT2D eigenvalue weighted by Crippen LogP contribution is 2.37. The van der Waals surface area contributed by atoms with Gasteiger partial charge in [-0.2, -0.15) is 0 Å². The number of ketones is 1. The number of Topliss-reactive ketones (excluding diaryl/α,β-unsaturated/α-hetero) is 1. The molecular weight excluding hydrogens is 288 g/mol. The van der Waals surface area contributed by atoms with Gasteiger partial charge in [-0.05, 0) is 18.9 Å². The van der Waals surface area contributed by atoms with Gasteiger partial charge in [-0.3, -0.25) is 9.79 Å². The predicted octanol–water partition coefficient (Wildman–Crippen LogP) is 2.22. The molecule has 1 aromatic carbocycles. The molecule has 4 nitrogen and oxygen atoms in total. The Hall–Kier alpha value is -1.82. The summed E-state index contributed by atoms with van der Waals surface area (Å²) in [6.45, 7) is 2.92. The van der Waals surface area contributed by atoms with Crippen LogP contribution < -0.4 is 10.6 Å². The van der Waals surface area contributed by atoms with Crippen LogP contribution in [0.15, 0.2) is 17.1 Å². The number of anilines is 1. The Balaban J connectivity index is 2.05. The van der Waals surface area contributed by atoms with Crippen LogP contribution >= 0.6 is 0 Å². The van der Waals surface area contributed by atoms with Crippen LogP contribution in [-0.4, -0.2) is 31.1 Å². The Kier molecular flexibility index (Phi) is 3.95. The number of carbonyl (C=O) groups excluding carboxylic acids is 1. The predicted molar refractivity (Wildman–Crippen MR) is 81.2 cm³/mol. The second kappa shape index (κ2) is 5.76. The largest absolute Gasteiger partial charge is 0.370 e. The number of aliphatic imine (C=N–C) groups is 1. The first-order chi connectivity index (χ1) is 10.5. The zero-order valence-electron chi connectivity index (χ0n) is 12.4. The van der Waals surface area contributed by atoms with E-state index in [1.54, 1.807) is 6.92 Å². The lowest BCUT2D eigenvalue weighted by Gasteiger charge is -2.34. The minimum absolute atomic E-state index is 0.0327. The van der Waals surface area contributed by atoms with Crippen molar-refractivity contribution in [1.82, 2.24) is 0 Å². The summed E-state index contributed by atoms with van der Waals surface area (Å²) >= 11 is 0. The molecule has 0 aromatic heterocycles. The molecule has 0 spiro atoms. The SMILES string of the molecule is CC1C=NC(c2c(F)cc(F)cc2N2CCC[C@H](N)C2)C1=O. The van der Waals surface area contributed by atoms with Gasteiger partial charge in [0.1, 0.15) is 17.7 Å². The van der Waals surface area contributed by atoms with E-state index in [9.17, 15) is 13.6 Å². The molecule has 2 unspecified atom stereocenters. The van der Waals surface area contributed by atoms with Crippen molar-refractivity contribution in [2.45, 2.75) is 31.8 Å². The Morgan fingerprint density at radius 2 is 2.14 bits per heavy atom. The molecule has 0 bridgehead atoms. The van der Waals surface area contributed by atoms with Gasteiger partial charge >= 0.3 is 0 Å². The number of benzene rings is 1. The molecule has 3 atom stereocenters. The molecular formula is C16H19F2N3O. The average molecular weight is 307 g/mol. The van der Waals surface area contributed by atoms with E-state index < -0.39 is 17.7 Å². The number of hydrogen-bond acceptors (Lipinski definition) is 4. The summed E-state index contributed by atoms with van der Waals surface area (Å²) in [5.41, 5.74) is 6.53. The van der Waals surface area contributed by atoms with E-state index in [0.717, 1.165) is 18.9 Å². The summed E-state index contributed by atoms with van der Waals surface area (Å²) in [4.78, 5) is 18.2. The van der Waals surface area contributed by atoms with Gasteiger partial charge < -0.3 is 10.6 Å². The summed E-state index contributed by atoms with van der Waals surface area (Å²) in [5, 5.41) is 0. The zero-order chi connectivity index (χ0) is 15.9. The van der Waals surface area contributed by atoms with E-state index in [2.05, 4.69) is 4.99 Å². The fourth-order valence-corrected chi connectivity index (χ4v) is 3.16. The summed E-state index contributed by atoms with van der Waals surface area (Å²) < 4.78 is 28.1. The molecule has 6 heteroatoms. The molecule has 2 aliphatic rings. The second-order valence-electron chi connectivity index (χ2n) is 6.06. The summed E-state index contributed by atoms with van der Waals surface area (Å²) in [6, 6.07) is 1.18. The third kappa shape index (κ3) is 2.63. The Morgan fingerprint density at radius 1 is 1.36 bits per heavy atom. The standard InChI is InChI=1S/C16H19F2N3O/c1-9-7-20-15(16(9)22)14-12(18)5-10(17)6-13(14)21-4-2-3-11(19)8-21/h5-7,9,11,15H,2-4,8,19H2,1H3/t9?,11-,15?/m0/s1. The van der Waals surface area contributed by atoms with E-state index in [0.29, 0.717) is 18.8 Å². The third-order valence-electron chi connectivity index (χ3n) is 4.32. The quantitative estimate of drug-likeness (QED) is 0.911. The monoisotopic (exact) mass is 307 g/mol. The highest BCUT2D eigenvalue weighted by Gasteiger charge is 2.34. The van der Waals surface area contributed by atoms with Crippen LogP contribution in [0.25, 0.3) is 0 Å². The molecule has 2 N–H and O–H groups in total. The van der Waals surface area contributed by atoms with Gasteiger partial charge in [0.05, 0.1) is 5.92 Å². The molecule has 0 amide bonds. The van der Waals surface area contributed by atoms with Crippen molar-refractivity contribution in [2.75, 3.05) is 18.0 Å². The van der Waals surface area contributed by atoms with Crippen molar-refractivity contribution >= 4 is 17.7 Å². The van der Waals surface area contributed by atoms with Crippen LogP contribution in [0.2, 0.25) is 0 Å². The van der Waals surface area contributed by atoms with Gasteiger partial charge in [0, 0.05) is 42.7 Å². The van der Waals surface area contributed by atoms with Crippen LogP contribution in [-0.2, 0) is 4.79 Å². The van der Waals surface area contributed by atoms with E-state index in [1.807, 2.05) is 4.90 Å².